The van der Waals surface area contributed by atoms with Gasteiger partial charge >= 0.3 is 0 Å². The molecule has 0 aliphatic rings. The van der Waals surface area contributed by atoms with Gasteiger partial charge in [0.2, 0.25) is 4.38 Å². The van der Waals surface area contributed by atoms with Crippen LogP contribution in [0.25, 0.3) is 0 Å². The molecule has 0 heterocycles. The third-order valence-corrected chi connectivity index (χ3v) is 2.92. The molecule has 0 aromatic heterocycles. The molecule has 0 atom stereocenters. The summed E-state index contributed by atoms with van der Waals surface area (Å²) in [5.41, 5.74) is 0.999. The molecule has 1 aromatic carbocycles. The quantitative estimate of drug-likeness (QED) is 0.568. The summed E-state index contributed by atoms with van der Waals surface area (Å²) in [7, 11) is 0. The number of halogens is 1. The van der Waals surface area contributed by atoms with E-state index < -0.39 is 0 Å². The summed E-state index contributed by atoms with van der Waals surface area (Å²) in [4.78, 5) is 0.809. The maximum atomic E-state index is 12.9. The molecule has 4 heteroatoms. The van der Waals surface area contributed by atoms with E-state index in [1.54, 1.807) is 6.07 Å². The predicted molar refractivity (Wildman–Crippen MR) is 61.2 cm³/mol. The van der Waals surface area contributed by atoms with Crippen molar-refractivity contribution >= 4 is 28.4 Å². The second kappa shape index (κ2) is 5.32. The normalized spacial score (nSPS) is 9.93. The van der Waals surface area contributed by atoms with Gasteiger partial charge in [-0.25, -0.2) is 4.39 Å². The highest BCUT2D eigenvalue weighted by Gasteiger charge is 2.05. The summed E-state index contributed by atoms with van der Waals surface area (Å²) >= 11 is 6.23. The zero-order chi connectivity index (χ0) is 10.6. The number of thiocarbonyl (C=S) groups is 1. The molecule has 0 unspecified atom stereocenters. The first-order valence-corrected chi connectivity index (χ1v) is 5.46. The van der Waals surface area contributed by atoms with Crippen molar-refractivity contribution in [2.24, 2.45) is 0 Å². The molecule has 0 bridgehead atoms. The second-order valence-electron chi connectivity index (χ2n) is 2.69. The van der Waals surface area contributed by atoms with Crippen LogP contribution >= 0.6 is 24.0 Å². The Bertz CT molecular complexity index is 339. The van der Waals surface area contributed by atoms with Gasteiger partial charge in [-0.05, 0) is 55.5 Å². The van der Waals surface area contributed by atoms with Crippen LogP contribution in [-0.2, 0) is 4.74 Å². The van der Waals surface area contributed by atoms with E-state index >= 15 is 0 Å². The molecule has 1 rings (SSSR count). The molecular formula is C10H11FOS2. The highest BCUT2D eigenvalue weighted by molar-refractivity contribution is 8.22. The average molecular weight is 230 g/mol. The Labute approximate surface area is 92.7 Å². The third kappa shape index (κ3) is 3.27. The van der Waals surface area contributed by atoms with E-state index in [0.717, 1.165) is 10.5 Å². The summed E-state index contributed by atoms with van der Waals surface area (Å²) in [5.74, 6) is -0.252. The lowest BCUT2D eigenvalue weighted by molar-refractivity contribution is 0.346. The molecule has 1 aromatic rings. The maximum absolute atomic E-state index is 12.9. The summed E-state index contributed by atoms with van der Waals surface area (Å²) in [5, 5.41) is 0. The van der Waals surface area contributed by atoms with Crippen LogP contribution < -0.4 is 0 Å². The van der Waals surface area contributed by atoms with Crippen LogP contribution in [0.2, 0.25) is 0 Å². The minimum Gasteiger partial charge on any atom is -0.479 e. The molecule has 0 saturated heterocycles. The van der Waals surface area contributed by atoms with Crippen molar-refractivity contribution < 1.29 is 9.13 Å². The topological polar surface area (TPSA) is 9.23 Å². The van der Waals surface area contributed by atoms with Crippen molar-refractivity contribution in [3.63, 3.8) is 0 Å². The standard InChI is InChI=1S/C10H11FOS2/c1-3-12-10(13)14-9-6-8(11)5-4-7(9)2/h4-6H,3H2,1-2H3. The highest BCUT2D eigenvalue weighted by Crippen LogP contribution is 2.24. The lowest BCUT2D eigenvalue weighted by atomic mass is 10.2. The van der Waals surface area contributed by atoms with Gasteiger partial charge in [-0.3, -0.25) is 0 Å². The van der Waals surface area contributed by atoms with E-state index in [0.29, 0.717) is 11.0 Å². The highest BCUT2D eigenvalue weighted by atomic mass is 32.2. The van der Waals surface area contributed by atoms with Crippen LogP contribution in [-0.4, -0.2) is 11.0 Å². The van der Waals surface area contributed by atoms with E-state index in [9.17, 15) is 4.39 Å². The van der Waals surface area contributed by atoms with E-state index in [-0.39, 0.29) is 5.82 Å². The predicted octanol–water partition coefficient (Wildman–Crippen LogP) is 3.55. The van der Waals surface area contributed by atoms with Crippen molar-refractivity contribution in [3.8, 4) is 0 Å². The third-order valence-electron chi connectivity index (χ3n) is 1.61. The first-order valence-electron chi connectivity index (χ1n) is 4.24. The smallest absolute Gasteiger partial charge is 0.224 e. The SMILES string of the molecule is CCOC(=S)Sc1cc(F)ccc1C. The molecule has 76 valence electrons. The molecule has 0 saturated carbocycles. The Kier molecular flexibility index (Phi) is 4.35. The zero-order valence-corrected chi connectivity index (χ0v) is 9.67. The molecule has 14 heavy (non-hydrogen) atoms. The number of hydrogen-bond acceptors (Lipinski definition) is 3. The second-order valence-corrected chi connectivity index (χ2v) is 4.34. The molecule has 0 aliphatic carbocycles. The molecule has 0 aliphatic heterocycles. The number of rotatable bonds is 2. The van der Waals surface area contributed by atoms with E-state index in [1.165, 1.54) is 23.9 Å². The van der Waals surface area contributed by atoms with Crippen LogP contribution in [0.4, 0.5) is 4.39 Å². The minimum absolute atomic E-state index is 0.252. The fourth-order valence-corrected chi connectivity index (χ4v) is 2.07. The molecule has 0 spiro atoms. The number of thioether (sulfide) groups is 1. The first kappa shape index (κ1) is 11.5. The van der Waals surface area contributed by atoms with Crippen LogP contribution in [0.5, 0.6) is 0 Å². The first-order chi connectivity index (χ1) is 6.63. The number of hydrogen-bond donors (Lipinski definition) is 0. The van der Waals surface area contributed by atoms with Crippen molar-refractivity contribution in [1.29, 1.82) is 0 Å². The maximum Gasteiger partial charge on any atom is 0.224 e. The van der Waals surface area contributed by atoms with Gasteiger partial charge in [0.25, 0.3) is 0 Å². The largest absolute Gasteiger partial charge is 0.479 e. The Balaban J connectivity index is 2.75. The molecule has 0 amide bonds. The van der Waals surface area contributed by atoms with Gasteiger partial charge < -0.3 is 4.74 Å². The Hall–Kier alpha value is -0.610. The van der Waals surface area contributed by atoms with Crippen molar-refractivity contribution in [2.45, 2.75) is 18.7 Å². The van der Waals surface area contributed by atoms with Gasteiger partial charge in [-0.2, -0.15) is 0 Å². The van der Waals surface area contributed by atoms with Crippen LogP contribution in [0.3, 0.4) is 0 Å². The fraction of sp³-hybridized carbons (Fsp3) is 0.300. The molecular weight excluding hydrogens is 219 g/mol. The van der Waals surface area contributed by atoms with Crippen LogP contribution in [0.1, 0.15) is 12.5 Å². The average Bonchev–Trinajstić information content (AvgIpc) is 2.12. The number of ether oxygens (including phenoxy) is 1. The van der Waals surface area contributed by atoms with Gasteiger partial charge in [0.15, 0.2) is 0 Å². The monoisotopic (exact) mass is 230 g/mol. The summed E-state index contributed by atoms with van der Waals surface area (Å²) in [6.45, 7) is 4.32. The molecule has 0 radical (unpaired) electrons. The zero-order valence-electron chi connectivity index (χ0n) is 8.04. The fourth-order valence-electron chi connectivity index (χ4n) is 0.921. The lowest BCUT2D eigenvalue weighted by Crippen LogP contribution is -1.96. The number of aryl methyl sites for hydroxylation is 1. The van der Waals surface area contributed by atoms with E-state index in [4.69, 9.17) is 17.0 Å². The summed E-state index contributed by atoms with van der Waals surface area (Å²) in [6, 6.07) is 4.63. The Morgan fingerprint density at radius 2 is 2.29 bits per heavy atom. The van der Waals surface area contributed by atoms with E-state index in [1.807, 2.05) is 13.8 Å². The van der Waals surface area contributed by atoms with Gasteiger partial charge in [0.05, 0.1) is 6.61 Å². The Morgan fingerprint density at radius 3 is 2.93 bits per heavy atom. The van der Waals surface area contributed by atoms with Crippen molar-refractivity contribution in [1.82, 2.24) is 0 Å². The van der Waals surface area contributed by atoms with Gasteiger partial charge in [-0.15, -0.1) is 0 Å². The van der Waals surface area contributed by atoms with Crippen LogP contribution in [0.15, 0.2) is 23.1 Å². The lowest BCUT2D eigenvalue weighted by Gasteiger charge is -2.06. The Morgan fingerprint density at radius 1 is 1.57 bits per heavy atom. The van der Waals surface area contributed by atoms with Crippen LogP contribution in [0, 0.1) is 12.7 Å². The summed E-state index contributed by atoms with van der Waals surface area (Å²) in [6.07, 6.45) is 0. The van der Waals surface area contributed by atoms with Gasteiger partial charge in [0, 0.05) is 4.90 Å². The van der Waals surface area contributed by atoms with Gasteiger partial charge in [0.1, 0.15) is 5.82 Å². The van der Waals surface area contributed by atoms with Gasteiger partial charge in [-0.1, -0.05) is 6.07 Å². The molecule has 0 fully saturated rings. The summed E-state index contributed by atoms with van der Waals surface area (Å²) < 4.78 is 18.4. The van der Waals surface area contributed by atoms with Crippen molar-refractivity contribution in [2.75, 3.05) is 6.61 Å². The number of benzene rings is 1. The van der Waals surface area contributed by atoms with E-state index in [2.05, 4.69) is 0 Å². The molecule has 1 nitrogen and oxygen atoms in total. The molecule has 0 N–H and O–H groups in total. The van der Waals surface area contributed by atoms with Crippen molar-refractivity contribution in [3.05, 3.63) is 29.6 Å². The minimum atomic E-state index is -0.252.